The zero-order valence-electron chi connectivity index (χ0n) is 9.82. The Morgan fingerprint density at radius 3 is 2.67 bits per heavy atom. The van der Waals surface area contributed by atoms with Gasteiger partial charge < -0.3 is 9.47 Å². The number of rotatable bonds is 3. The van der Waals surface area contributed by atoms with E-state index in [1.165, 1.54) is 38.0 Å². The lowest BCUT2D eigenvalue weighted by Crippen LogP contribution is -2.38. The van der Waals surface area contributed by atoms with Crippen LogP contribution in [0.4, 0.5) is 0 Å². The lowest BCUT2D eigenvalue weighted by molar-refractivity contribution is 0.172. The molecule has 1 aromatic heterocycles. The quantitative estimate of drug-likeness (QED) is 0.754. The summed E-state index contributed by atoms with van der Waals surface area (Å²) in [6.45, 7) is 4.86. The summed E-state index contributed by atoms with van der Waals surface area (Å²) in [6.07, 6.45) is 9.24. The van der Waals surface area contributed by atoms with Gasteiger partial charge in [0.2, 0.25) is 0 Å². The van der Waals surface area contributed by atoms with Gasteiger partial charge in [-0.2, -0.15) is 0 Å². The SMILES string of the molecule is CC(Cc1cn(C)cn1)N1CCCCC1. The Bertz CT molecular complexity index is 300. The Hall–Kier alpha value is -0.830. The maximum absolute atomic E-state index is 4.39. The third-order valence-corrected chi connectivity index (χ3v) is 3.28. The van der Waals surface area contributed by atoms with Crippen molar-refractivity contribution in [2.45, 2.75) is 38.6 Å². The minimum atomic E-state index is 0.639. The highest BCUT2D eigenvalue weighted by Crippen LogP contribution is 2.14. The minimum absolute atomic E-state index is 0.639. The highest BCUT2D eigenvalue weighted by molar-refractivity contribution is 4.99. The molecule has 0 N–H and O–H groups in total. The fourth-order valence-electron chi connectivity index (χ4n) is 2.36. The smallest absolute Gasteiger partial charge is 0.0946 e. The van der Waals surface area contributed by atoms with E-state index in [0.717, 1.165) is 6.42 Å². The molecular weight excluding hydrogens is 186 g/mol. The van der Waals surface area contributed by atoms with Gasteiger partial charge in [-0.15, -0.1) is 0 Å². The van der Waals surface area contributed by atoms with Crippen LogP contribution in [-0.2, 0) is 13.5 Å². The van der Waals surface area contributed by atoms with Crippen molar-refractivity contribution in [2.24, 2.45) is 7.05 Å². The zero-order chi connectivity index (χ0) is 10.7. The molecule has 2 heterocycles. The Morgan fingerprint density at radius 2 is 2.07 bits per heavy atom. The van der Waals surface area contributed by atoms with Crippen molar-refractivity contribution in [3.05, 3.63) is 18.2 Å². The third-order valence-electron chi connectivity index (χ3n) is 3.28. The molecule has 0 radical (unpaired) electrons. The number of imidazole rings is 1. The Kier molecular flexibility index (Phi) is 3.41. The molecule has 0 aromatic carbocycles. The normalized spacial score (nSPS) is 20.4. The summed E-state index contributed by atoms with van der Waals surface area (Å²) in [4.78, 5) is 6.98. The van der Waals surface area contributed by atoms with Crippen molar-refractivity contribution < 1.29 is 0 Å². The van der Waals surface area contributed by atoms with Crippen LogP contribution in [0.3, 0.4) is 0 Å². The predicted molar refractivity (Wildman–Crippen MR) is 61.8 cm³/mol. The molecule has 15 heavy (non-hydrogen) atoms. The molecule has 0 spiro atoms. The summed E-state index contributed by atoms with van der Waals surface area (Å²) < 4.78 is 2.03. The van der Waals surface area contributed by atoms with Gasteiger partial charge in [-0.3, -0.25) is 0 Å². The highest BCUT2D eigenvalue weighted by Gasteiger charge is 2.17. The summed E-state index contributed by atoms with van der Waals surface area (Å²) in [5, 5.41) is 0. The van der Waals surface area contributed by atoms with Gasteiger partial charge >= 0.3 is 0 Å². The summed E-state index contributed by atoms with van der Waals surface area (Å²) >= 11 is 0. The van der Waals surface area contributed by atoms with Gasteiger partial charge in [0.1, 0.15) is 0 Å². The first kappa shape index (κ1) is 10.7. The van der Waals surface area contributed by atoms with Gasteiger partial charge in [0, 0.05) is 25.7 Å². The molecule has 84 valence electrons. The van der Waals surface area contributed by atoms with E-state index in [2.05, 4.69) is 23.0 Å². The largest absolute Gasteiger partial charge is 0.340 e. The number of likely N-dealkylation sites (tertiary alicyclic amines) is 1. The van der Waals surface area contributed by atoms with Crippen molar-refractivity contribution in [1.29, 1.82) is 0 Å². The predicted octanol–water partition coefficient (Wildman–Crippen LogP) is 1.84. The average Bonchev–Trinajstić information content (AvgIpc) is 2.65. The average molecular weight is 207 g/mol. The monoisotopic (exact) mass is 207 g/mol. The van der Waals surface area contributed by atoms with Crippen LogP contribution in [-0.4, -0.2) is 33.6 Å². The Morgan fingerprint density at radius 1 is 1.33 bits per heavy atom. The van der Waals surface area contributed by atoms with Crippen LogP contribution in [0.1, 0.15) is 31.9 Å². The van der Waals surface area contributed by atoms with Crippen molar-refractivity contribution in [3.8, 4) is 0 Å². The van der Waals surface area contributed by atoms with Crippen LogP contribution in [0, 0.1) is 0 Å². The highest BCUT2D eigenvalue weighted by atomic mass is 15.2. The molecule has 0 saturated carbocycles. The topological polar surface area (TPSA) is 21.1 Å². The lowest BCUT2D eigenvalue weighted by atomic mass is 10.1. The summed E-state index contributed by atoms with van der Waals surface area (Å²) in [7, 11) is 2.03. The molecule has 0 aliphatic carbocycles. The van der Waals surface area contributed by atoms with E-state index in [1.807, 2.05) is 17.9 Å². The van der Waals surface area contributed by atoms with E-state index in [-0.39, 0.29) is 0 Å². The first-order valence-electron chi connectivity index (χ1n) is 5.96. The molecule has 1 saturated heterocycles. The zero-order valence-corrected chi connectivity index (χ0v) is 9.82. The maximum Gasteiger partial charge on any atom is 0.0946 e. The van der Waals surface area contributed by atoms with Crippen molar-refractivity contribution in [3.63, 3.8) is 0 Å². The van der Waals surface area contributed by atoms with Gasteiger partial charge in [0.25, 0.3) is 0 Å². The van der Waals surface area contributed by atoms with Crippen LogP contribution < -0.4 is 0 Å². The third kappa shape index (κ3) is 2.81. The van der Waals surface area contributed by atoms with Crippen molar-refractivity contribution in [2.75, 3.05) is 13.1 Å². The molecule has 3 heteroatoms. The van der Waals surface area contributed by atoms with Gasteiger partial charge in [-0.05, 0) is 32.9 Å². The molecule has 1 atom stereocenters. The van der Waals surface area contributed by atoms with E-state index in [9.17, 15) is 0 Å². The minimum Gasteiger partial charge on any atom is -0.340 e. The van der Waals surface area contributed by atoms with Crippen LogP contribution in [0.15, 0.2) is 12.5 Å². The molecule has 0 amide bonds. The summed E-state index contributed by atoms with van der Waals surface area (Å²) in [6, 6.07) is 0.639. The van der Waals surface area contributed by atoms with E-state index < -0.39 is 0 Å². The lowest BCUT2D eigenvalue weighted by Gasteiger charge is -2.31. The van der Waals surface area contributed by atoms with Crippen LogP contribution in [0.25, 0.3) is 0 Å². The van der Waals surface area contributed by atoms with Crippen LogP contribution in [0.5, 0.6) is 0 Å². The number of aryl methyl sites for hydroxylation is 1. The molecular formula is C12H21N3. The summed E-state index contributed by atoms with van der Waals surface area (Å²) in [5.41, 5.74) is 1.22. The molecule has 1 unspecified atom stereocenters. The molecule has 1 aliphatic rings. The molecule has 0 bridgehead atoms. The van der Waals surface area contributed by atoms with Gasteiger partial charge in [0.05, 0.1) is 12.0 Å². The first-order chi connectivity index (χ1) is 7.25. The number of piperidine rings is 1. The second-order valence-corrected chi connectivity index (χ2v) is 4.68. The van der Waals surface area contributed by atoms with Crippen LogP contribution >= 0.6 is 0 Å². The van der Waals surface area contributed by atoms with Gasteiger partial charge in [-0.1, -0.05) is 6.42 Å². The standard InChI is InChI=1S/C12H21N3/c1-11(15-6-4-3-5-7-15)8-12-9-14(2)10-13-12/h9-11H,3-8H2,1-2H3. The van der Waals surface area contributed by atoms with Crippen molar-refractivity contribution in [1.82, 2.24) is 14.5 Å². The Balaban J connectivity index is 1.88. The van der Waals surface area contributed by atoms with E-state index >= 15 is 0 Å². The van der Waals surface area contributed by atoms with Crippen molar-refractivity contribution >= 4 is 0 Å². The van der Waals surface area contributed by atoms with Crippen LogP contribution in [0.2, 0.25) is 0 Å². The van der Waals surface area contributed by atoms with Gasteiger partial charge in [-0.25, -0.2) is 4.98 Å². The summed E-state index contributed by atoms with van der Waals surface area (Å²) in [5.74, 6) is 0. The van der Waals surface area contributed by atoms with Gasteiger partial charge in [0.15, 0.2) is 0 Å². The second kappa shape index (κ2) is 4.79. The number of hydrogen-bond acceptors (Lipinski definition) is 2. The maximum atomic E-state index is 4.39. The van der Waals surface area contributed by atoms with E-state index in [4.69, 9.17) is 0 Å². The molecule has 2 rings (SSSR count). The number of aromatic nitrogens is 2. The first-order valence-corrected chi connectivity index (χ1v) is 5.96. The fourth-order valence-corrected chi connectivity index (χ4v) is 2.36. The fraction of sp³-hybridized carbons (Fsp3) is 0.750. The second-order valence-electron chi connectivity index (χ2n) is 4.68. The number of hydrogen-bond donors (Lipinski definition) is 0. The Labute approximate surface area is 92.1 Å². The molecule has 1 aliphatic heterocycles. The number of nitrogens with zero attached hydrogens (tertiary/aromatic N) is 3. The molecule has 1 fully saturated rings. The molecule has 3 nitrogen and oxygen atoms in total. The van der Waals surface area contributed by atoms with E-state index in [1.54, 1.807) is 0 Å². The van der Waals surface area contributed by atoms with E-state index in [0.29, 0.717) is 6.04 Å². The molecule has 1 aromatic rings.